The second-order valence-electron chi connectivity index (χ2n) is 7.69. The number of aryl methyl sites for hydroxylation is 1. The molecule has 23 heavy (non-hydrogen) atoms. The minimum absolute atomic E-state index is 0.212. The van der Waals surface area contributed by atoms with Gasteiger partial charge in [0, 0.05) is 30.9 Å². The lowest BCUT2D eigenvalue weighted by atomic mass is 9.92. The first kappa shape index (κ1) is 16.0. The molecule has 2 aliphatic rings. The van der Waals surface area contributed by atoms with Crippen LogP contribution >= 0.6 is 0 Å². The summed E-state index contributed by atoms with van der Waals surface area (Å²) in [5, 5.41) is 3.10. The number of carbonyl (C=O) groups excluding carboxylic acids is 1. The van der Waals surface area contributed by atoms with Crippen molar-refractivity contribution in [1.82, 2.24) is 15.3 Å². The number of piperidine rings is 1. The number of nitrogens with one attached hydrogen (secondary N) is 1. The zero-order chi connectivity index (χ0) is 16.6. The number of fused-ring (bicyclic) bond motifs is 2. The molecule has 3 atom stereocenters. The van der Waals surface area contributed by atoms with Crippen molar-refractivity contribution >= 4 is 11.9 Å². The third kappa shape index (κ3) is 3.74. The van der Waals surface area contributed by atoms with Crippen molar-refractivity contribution in [1.29, 1.82) is 0 Å². The third-order valence-electron chi connectivity index (χ3n) is 4.63. The van der Waals surface area contributed by atoms with Gasteiger partial charge in [0.1, 0.15) is 17.7 Å². The Balaban J connectivity index is 1.64. The summed E-state index contributed by atoms with van der Waals surface area (Å²) in [5.74, 6) is 1.90. The fraction of sp³-hybridized carbons (Fsp3) is 0.706. The molecule has 1 N–H and O–H groups in total. The Bertz CT molecular complexity index is 570. The van der Waals surface area contributed by atoms with Crippen molar-refractivity contribution in [2.45, 2.75) is 52.2 Å². The van der Waals surface area contributed by atoms with Crippen LogP contribution in [0.3, 0.4) is 0 Å². The first-order chi connectivity index (χ1) is 10.8. The lowest BCUT2D eigenvalue weighted by molar-refractivity contribution is 0.0472. The van der Waals surface area contributed by atoms with Crippen LogP contribution < -0.4 is 10.2 Å². The normalized spacial score (nSPS) is 27.0. The molecule has 6 heteroatoms. The lowest BCUT2D eigenvalue weighted by Gasteiger charge is -2.39. The molecule has 1 saturated heterocycles. The van der Waals surface area contributed by atoms with E-state index in [1.165, 1.54) is 0 Å². The van der Waals surface area contributed by atoms with Gasteiger partial charge >= 0.3 is 6.09 Å². The molecule has 0 radical (unpaired) electrons. The average molecular weight is 318 g/mol. The number of aromatic nitrogens is 2. The SMILES string of the molecule is Cc1cc(N2C[C@H]3CC[C@@H](C2)[C@H]3NC(=O)OC(C)(C)C)ncn1. The van der Waals surface area contributed by atoms with Crippen molar-refractivity contribution in [2.75, 3.05) is 18.0 Å². The summed E-state index contributed by atoms with van der Waals surface area (Å²) in [6.07, 6.45) is 3.61. The van der Waals surface area contributed by atoms with E-state index in [0.717, 1.165) is 37.4 Å². The fourth-order valence-electron chi connectivity index (χ4n) is 3.70. The molecule has 2 bridgehead atoms. The van der Waals surface area contributed by atoms with Gasteiger partial charge in [-0.25, -0.2) is 14.8 Å². The monoisotopic (exact) mass is 318 g/mol. The summed E-state index contributed by atoms with van der Waals surface area (Å²) in [7, 11) is 0. The number of amides is 1. The summed E-state index contributed by atoms with van der Waals surface area (Å²) in [5.41, 5.74) is 0.527. The van der Waals surface area contributed by atoms with Crippen LogP contribution in [0.25, 0.3) is 0 Å². The number of nitrogens with zero attached hydrogens (tertiary/aromatic N) is 3. The summed E-state index contributed by atoms with van der Waals surface area (Å²) < 4.78 is 5.41. The predicted molar refractivity (Wildman–Crippen MR) is 88.4 cm³/mol. The maximum atomic E-state index is 12.1. The highest BCUT2D eigenvalue weighted by Gasteiger charge is 2.43. The van der Waals surface area contributed by atoms with Crippen molar-refractivity contribution in [3.05, 3.63) is 18.1 Å². The first-order valence-corrected chi connectivity index (χ1v) is 8.35. The molecule has 1 aliphatic heterocycles. The molecular formula is C17H26N4O2. The molecule has 1 aliphatic carbocycles. The van der Waals surface area contributed by atoms with Crippen LogP contribution in [0.4, 0.5) is 10.6 Å². The topological polar surface area (TPSA) is 67.4 Å². The number of hydrogen-bond donors (Lipinski definition) is 1. The molecule has 126 valence electrons. The molecule has 1 aromatic rings. The summed E-state index contributed by atoms with van der Waals surface area (Å²) >= 11 is 0. The highest BCUT2D eigenvalue weighted by molar-refractivity contribution is 5.68. The summed E-state index contributed by atoms with van der Waals surface area (Å²) in [6.45, 7) is 9.50. The van der Waals surface area contributed by atoms with Crippen LogP contribution in [-0.4, -0.2) is 40.8 Å². The zero-order valence-electron chi connectivity index (χ0n) is 14.4. The highest BCUT2D eigenvalue weighted by Crippen LogP contribution is 2.38. The first-order valence-electron chi connectivity index (χ1n) is 8.35. The zero-order valence-corrected chi connectivity index (χ0v) is 14.4. The maximum Gasteiger partial charge on any atom is 0.407 e. The molecule has 1 saturated carbocycles. The number of ether oxygens (including phenoxy) is 1. The van der Waals surface area contributed by atoms with E-state index in [1.807, 2.05) is 33.8 Å². The van der Waals surface area contributed by atoms with Gasteiger partial charge in [0.15, 0.2) is 0 Å². The smallest absolute Gasteiger partial charge is 0.407 e. The van der Waals surface area contributed by atoms with E-state index in [2.05, 4.69) is 20.2 Å². The minimum atomic E-state index is -0.456. The fourth-order valence-corrected chi connectivity index (χ4v) is 3.70. The quantitative estimate of drug-likeness (QED) is 0.907. The molecule has 3 rings (SSSR count). The van der Waals surface area contributed by atoms with Gasteiger partial charge in [0.25, 0.3) is 0 Å². The largest absolute Gasteiger partial charge is 0.444 e. The van der Waals surface area contributed by atoms with Gasteiger partial charge in [-0.3, -0.25) is 0 Å². The Kier molecular flexibility index (Phi) is 4.17. The summed E-state index contributed by atoms with van der Waals surface area (Å²) in [4.78, 5) is 23.0. The third-order valence-corrected chi connectivity index (χ3v) is 4.63. The van der Waals surface area contributed by atoms with Gasteiger partial charge in [0.05, 0.1) is 0 Å². The van der Waals surface area contributed by atoms with E-state index in [0.29, 0.717) is 11.8 Å². The van der Waals surface area contributed by atoms with Crippen LogP contribution in [0.1, 0.15) is 39.3 Å². The Hall–Kier alpha value is -1.85. The van der Waals surface area contributed by atoms with E-state index < -0.39 is 5.60 Å². The standard InChI is InChI=1S/C17H26N4O2/c1-11-7-14(19-10-18-11)21-8-12-5-6-13(9-21)15(12)20-16(22)23-17(2,3)4/h7,10,12-13,15H,5-6,8-9H2,1-4H3,(H,20,22)/t12-,13+,15+. The van der Waals surface area contributed by atoms with Gasteiger partial charge in [0.2, 0.25) is 0 Å². The van der Waals surface area contributed by atoms with E-state index in [4.69, 9.17) is 4.74 Å². The molecule has 2 heterocycles. The van der Waals surface area contributed by atoms with E-state index in [1.54, 1.807) is 6.33 Å². The van der Waals surface area contributed by atoms with Gasteiger partial charge < -0.3 is 15.0 Å². The number of alkyl carbamates (subject to hydrolysis) is 1. The Morgan fingerprint density at radius 2 is 1.91 bits per heavy atom. The van der Waals surface area contributed by atoms with Crippen molar-refractivity contribution in [2.24, 2.45) is 11.8 Å². The van der Waals surface area contributed by atoms with Crippen LogP contribution in [0, 0.1) is 18.8 Å². The van der Waals surface area contributed by atoms with E-state index in [-0.39, 0.29) is 12.1 Å². The lowest BCUT2D eigenvalue weighted by Crippen LogP contribution is -2.53. The Morgan fingerprint density at radius 3 is 2.48 bits per heavy atom. The van der Waals surface area contributed by atoms with Gasteiger partial charge in [-0.2, -0.15) is 0 Å². The molecule has 2 fully saturated rings. The van der Waals surface area contributed by atoms with Crippen molar-refractivity contribution in [3.8, 4) is 0 Å². The molecule has 0 aromatic carbocycles. The van der Waals surface area contributed by atoms with Gasteiger partial charge in [-0.15, -0.1) is 0 Å². The minimum Gasteiger partial charge on any atom is -0.444 e. The molecule has 1 aromatic heterocycles. The van der Waals surface area contributed by atoms with Gasteiger partial charge in [-0.05, 0) is 52.4 Å². The van der Waals surface area contributed by atoms with Gasteiger partial charge in [-0.1, -0.05) is 0 Å². The Labute approximate surface area is 137 Å². The molecule has 0 spiro atoms. The number of anilines is 1. The average Bonchev–Trinajstić information content (AvgIpc) is 2.68. The van der Waals surface area contributed by atoms with E-state index in [9.17, 15) is 4.79 Å². The maximum absolute atomic E-state index is 12.1. The molecule has 0 unspecified atom stereocenters. The molecule has 6 nitrogen and oxygen atoms in total. The van der Waals surface area contributed by atoms with Crippen LogP contribution in [0.5, 0.6) is 0 Å². The van der Waals surface area contributed by atoms with Crippen LogP contribution in [-0.2, 0) is 4.74 Å². The second kappa shape index (κ2) is 5.98. The van der Waals surface area contributed by atoms with Crippen molar-refractivity contribution in [3.63, 3.8) is 0 Å². The van der Waals surface area contributed by atoms with E-state index >= 15 is 0 Å². The number of carbonyl (C=O) groups is 1. The highest BCUT2D eigenvalue weighted by atomic mass is 16.6. The van der Waals surface area contributed by atoms with Crippen molar-refractivity contribution < 1.29 is 9.53 Å². The summed E-state index contributed by atoms with van der Waals surface area (Å²) in [6, 6.07) is 2.24. The second-order valence-corrected chi connectivity index (χ2v) is 7.69. The predicted octanol–water partition coefficient (Wildman–Crippen LogP) is 2.52. The van der Waals surface area contributed by atoms with Crippen LogP contribution in [0.15, 0.2) is 12.4 Å². The molecular weight excluding hydrogens is 292 g/mol. The number of hydrogen-bond acceptors (Lipinski definition) is 5. The number of rotatable bonds is 2. The Morgan fingerprint density at radius 1 is 1.26 bits per heavy atom. The van der Waals surface area contributed by atoms with Crippen LogP contribution in [0.2, 0.25) is 0 Å². The molecule has 1 amide bonds.